The highest BCUT2D eigenvalue weighted by Gasteiger charge is 2.11. The van der Waals surface area contributed by atoms with Gasteiger partial charge in [-0.25, -0.2) is 4.98 Å². The second-order valence-corrected chi connectivity index (χ2v) is 6.40. The Morgan fingerprint density at radius 3 is 2.32 bits per heavy atom. The van der Waals surface area contributed by atoms with Crippen LogP contribution in [0.15, 0.2) is 71.2 Å². The molecule has 1 aromatic heterocycles. The first-order valence-corrected chi connectivity index (χ1v) is 8.07. The van der Waals surface area contributed by atoms with E-state index in [0.717, 1.165) is 21.2 Å². The SMILES string of the molecule is Cc1cccc2c(-c3ccc(Br)cc3)nc3ccccc3c12. The van der Waals surface area contributed by atoms with E-state index in [0.29, 0.717) is 0 Å². The molecule has 0 atom stereocenters. The maximum Gasteiger partial charge on any atom is 0.0788 e. The van der Waals surface area contributed by atoms with Crippen molar-refractivity contribution in [2.45, 2.75) is 6.92 Å². The number of benzene rings is 3. The Kier molecular flexibility index (Phi) is 3.20. The summed E-state index contributed by atoms with van der Waals surface area (Å²) in [4.78, 5) is 4.93. The average Bonchev–Trinajstić information content (AvgIpc) is 2.55. The molecule has 2 heteroatoms. The Labute approximate surface area is 137 Å². The maximum atomic E-state index is 4.93. The van der Waals surface area contributed by atoms with Gasteiger partial charge in [-0.3, -0.25) is 0 Å². The number of pyridine rings is 1. The van der Waals surface area contributed by atoms with Gasteiger partial charge in [-0.2, -0.15) is 0 Å². The van der Waals surface area contributed by atoms with Crippen LogP contribution in [0.2, 0.25) is 0 Å². The molecule has 0 fully saturated rings. The van der Waals surface area contributed by atoms with Gasteiger partial charge < -0.3 is 0 Å². The molecule has 3 aromatic carbocycles. The summed E-state index contributed by atoms with van der Waals surface area (Å²) in [6.45, 7) is 2.17. The van der Waals surface area contributed by atoms with E-state index in [2.05, 4.69) is 83.5 Å². The first-order chi connectivity index (χ1) is 10.7. The molecule has 0 spiro atoms. The first kappa shape index (κ1) is 13.5. The predicted octanol–water partition coefficient (Wildman–Crippen LogP) is 6.13. The lowest BCUT2D eigenvalue weighted by molar-refractivity contribution is 1.41. The third kappa shape index (κ3) is 2.11. The second-order valence-electron chi connectivity index (χ2n) is 5.48. The number of hydrogen-bond donors (Lipinski definition) is 0. The van der Waals surface area contributed by atoms with Crippen LogP contribution in [-0.2, 0) is 0 Å². The van der Waals surface area contributed by atoms with Crippen molar-refractivity contribution in [1.82, 2.24) is 4.98 Å². The van der Waals surface area contributed by atoms with Crippen LogP contribution in [0, 0.1) is 6.92 Å². The summed E-state index contributed by atoms with van der Waals surface area (Å²) in [7, 11) is 0. The summed E-state index contributed by atoms with van der Waals surface area (Å²) >= 11 is 3.50. The van der Waals surface area contributed by atoms with Gasteiger partial charge in [-0.05, 0) is 36.1 Å². The van der Waals surface area contributed by atoms with E-state index in [9.17, 15) is 0 Å². The molecular weight excluding hydrogens is 334 g/mol. The molecule has 4 rings (SSSR count). The molecule has 0 N–H and O–H groups in total. The summed E-state index contributed by atoms with van der Waals surface area (Å²) in [6.07, 6.45) is 0. The highest BCUT2D eigenvalue weighted by molar-refractivity contribution is 9.10. The lowest BCUT2D eigenvalue weighted by Crippen LogP contribution is -1.91. The summed E-state index contributed by atoms with van der Waals surface area (Å²) in [5.74, 6) is 0. The molecule has 0 unspecified atom stereocenters. The Bertz CT molecular complexity index is 988. The molecule has 106 valence electrons. The first-order valence-electron chi connectivity index (χ1n) is 7.28. The van der Waals surface area contributed by atoms with Crippen LogP contribution in [0.4, 0.5) is 0 Å². The number of nitrogens with zero attached hydrogens (tertiary/aromatic N) is 1. The Morgan fingerprint density at radius 1 is 0.773 bits per heavy atom. The third-order valence-electron chi connectivity index (χ3n) is 4.05. The fraction of sp³-hybridized carbons (Fsp3) is 0.0500. The molecular formula is C20H14BrN. The van der Waals surface area contributed by atoms with Crippen LogP contribution < -0.4 is 0 Å². The number of rotatable bonds is 1. The van der Waals surface area contributed by atoms with Crippen molar-refractivity contribution in [2.75, 3.05) is 0 Å². The Hall–Kier alpha value is -2.19. The minimum atomic E-state index is 1.04. The van der Waals surface area contributed by atoms with Crippen LogP contribution in [0.1, 0.15) is 5.56 Å². The van der Waals surface area contributed by atoms with Crippen LogP contribution in [0.5, 0.6) is 0 Å². The zero-order valence-corrected chi connectivity index (χ0v) is 13.8. The Morgan fingerprint density at radius 2 is 1.50 bits per heavy atom. The number of para-hydroxylation sites is 1. The van der Waals surface area contributed by atoms with Gasteiger partial charge in [0.05, 0.1) is 11.2 Å². The predicted molar refractivity (Wildman–Crippen MR) is 97.1 cm³/mol. The van der Waals surface area contributed by atoms with Gasteiger partial charge in [0.2, 0.25) is 0 Å². The van der Waals surface area contributed by atoms with E-state index < -0.39 is 0 Å². The zero-order valence-electron chi connectivity index (χ0n) is 12.2. The van der Waals surface area contributed by atoms with Gasteiger partial charge in [0.15, 0.2) is 0 Å². The fourth-order valence-corrected chi connectivity index (χ4v) is 3.28. The molecule has 22 heavy (non-hydrogen) atoms. The van der Waals surface area contributed by atoms with Crippen molar-refractivity contribution in [3.05, 3.63) is 76.8 Å². The van der Waals surface area contributed by atoms with Crippen molar-refractivity contribution in [3.63, 3.8) is 0 Å². The van der Waals surface area contributed by atoms with Gasteiger partial charge >= 0.3 is 0 Å². The van der Waals surface area contributed by atoms with Crippen molar-refractivity contribution in [2.24, 2.45) is 0 Å². The van der Waals surface area contributed by atoms with E-state index >= 15 is 0 Å². The van der Waals surface area contributed by atoms with E-state index in [1.54, 1.807) is 0 Å². The highest BCUT2D eigenvalue weighted by atomic mass is 79.9. The van der Waals surface area contributed by atoms with Crippen molar-refractivity contribution >= 4 is 37.6 Å². The second kappa shape index (κ2) is 5.22. The van der Waals surface area contributed by atoms with Gasteiger partial charge in [-0.1, -0.05) is 64.5 Å². The topological polar surface area (TPSA) is 12.9 Å². The summed E-state index contributed by atoms with van der Waals surface area (Å²) in [6, 6.07) is 23.2. The molecule has 0 aliphatic rings. The number of aromatic nitrogens is 1. The normalized spacial score (nSPS) is 11.2. The molecule has 0 amide bonds. The van der Waals surface area contributed by atoms with E-state index in [1.165, 1.54) is 21.7 Å². The molecule has 1 heterocycles. The molecule has 0 aliphatic carbocycles. The standard InChI is InChI=1S/C20H14BrN/c1-13-5-4-7-17-19(13)16-6-2-3-8-18(16)22-20(17)14-9-11-15(21)12-10-14/h2-12H,1H3. The highest BCUT2D eigenvalue weighted by Crippen LogP contribution is 2.34. The van der Waals surface area contributed by atoms with E-state index in [-0.39, 0.29) is 0 Å². The molecule has 1 nitrogen and oxygen atoms in total. The van der Waals surface area contributed by atoms with Crippen LogP contribution >= 0.6 is 15.9 Å². The smallest absolute Gasteiger partial charge is 0.0788 e. The summed E-state index contributed by atoms with van der Waals surface area (Å²) in [5.41, 5.74) is 4.52. The fourth-order valence-electron chi connectivity index (χ4n) is 3.01. The van der Waals surface area contributed by atoms with Gasteiger partial charge in [0.1, 0.15) is 0 Å². The molecule has 0 aliphatic heterocycles. The minimum absolute atomic E-state index is 1.04. The summed E-state index contributed by atoms with van der Waals surface area (Å²) < 4.78 is 1.08. The molecule has 0 saturated carbocycles. The van der Waals surface area contributed by atoms with Crippen LogP contribution in [-0.4, -0.2) is 4.98 Å². The monoisotopic (exact) mass is 347 g/mol. The molecule has 4 aromatic rings. The van der Waals surface area contributed by atoms with Crippen molar-refractivity contribution < 1.29 is 0 Å². The van der Waals surface area contributed by atoms with Crippen LogP contribution in [0.25, 0.3) is 32.9 Å². The molecule has 0 radical (unpaired) electrons. The zero-order chi connectivity index (χ0) is 15.1. The number of fused-ring (bicyclic) bond motifs is 3. The van der Waals surface area contributed by atoms with Gasteiger partial charge in [-0.15, -0.1) is 0 Å². The lowest BCUT2D eigenvalue weighted by atomic mass is 9.97. The van der Waals surface area contributed by atoms with Crippen molar-refractivity contribution in [1.29, 1.82) is 0 Å². The summed E-state index contributed by atoms with van der Waals surface area (Å²) in [5, 5.41) is 3.73. The van der Waals surface area contributed by atoms with Gasteiger partial charge in [0, 0.05) is 20.8 Å². The largest absolute Gasteiger partial charge is 0.247 e. The van der Waals surface area contributed by atoms with Gasteiger partial charge in [0.25, 0.3) is 0 Å². The van der Waals surface area contributed by atoms with E-state index in [4.69, 9.17) is 4.98 Å². The van der Waals surface area contributed by atoms with Crippen LogP contribution in [0.3, 0.4) is 0 Å². The number of halogens is 1. The maximum absolute atomic E-state index is 4.93. The lowest BCUT2D eigenvalue weighted by Gasteiger charge is -2.12. The molecule has 0 saturated heterocycles. The third-order valence-corrected chi connectivity index (χ3v) is 4.58. The number of hydrogen-bond acceptors (Lipinski definition) is 1. The quantitative estimate of drug-likeness (QED) is 0.377. The average molecular weight is 348 g/mol. The minimum Gasteiger partial charge on any atom is -0.247 e. The van der Waals surface area contributed by atoms with Crippen molar-refractivity contribution in [3.8, 4) is 11.3 Å². The van der Waals surface area contributed by atoms with E-state index in [1.807, 2.05) is 6.07 Å². The Balaban J connectivity index is 2.17. The molecule has 0 bridgehead atoms. The number of aryl methyl sites for hydroxylation is 1.